The zero-order valence-corrected chi connectivity index (χ0v) is 16.8. The van der Waals surface area contributed by atoms with E-state index in [-0.39, 0.29) is 16.5 Å². The normalized spacial score (nSPS) is 17.7. The predicted molar refractivity (Wildman–Crippen MR) is 108 cm³/mol. The lowest BCUT2D eigenvalue weighted by atomic mass is 10.1. The fraction of sp³-hybridized carbons (Fsp3) is 0.263. The molecule has 8 nitrogen and oxygen atoms in total. The largest absolute Gasteiger partial charge is 0.433 e. The molecule has 4 rings (SSSR count). The van der Waals surface area contributed by atoms with Crippen molar-refractivity contribution >= 4 is 34.8 Å². The zero-order valence-electron chi connectivity index (χ0n) is 16.0. The first kappa shape index (κ1) is 21.1. The molecule has 2 aromatic rings. The van der Waals surface area contributed by atoms with Gasteiger partial charge < -0.3 is 21.3 Å². The molecule has 0 spiro atoms. The van der Waals surface area contributed by atoms with Crippen molar-refractivity contribution in [3.05, 3.63) is 52.6 Å². The van der Waals surface area contributed by atoms with E-state index in [0.717, 1.165) is 31.0 Å². The van der Waals surface area contributed by atoms with Crippen molar-refractivity contribution in [2.45, 2.75) is 11.1 Å². The Labute approximate surface area is 179 Å². The van der Waals surface area contributed by atoms with Crippen molar-refractivity contribution in [2.75, 3.05) is 31.5 Å². The Kier molecular flexibility index (Phi) is 5.58. The Balaban J connectivity index is 1.65. The molecule has 2 aliphatic heterocycles. The Morgan fingerprint density at radius 2 is 1.90 bits per heavy atom. The number of amides is 2. The van der Waals surface area contributed by atoms with Gasteiger partial charge in [-0.3, -0.25) is 9.59 Å². The van der Waals surface area contributed by atoms with Gasteiger partial charge in [-0.05, 0) is 24.3 Å². The maximum Gasteiger partial charge on any atom is 0.433 e. The number of hydrogen-bond donors (Lipinski definition) is 3. The van der Waals surface area contributed by atoms with Gasteiger partial charge in [0.05, 0.1) is 10.7 Å². The van der Waals surface area contributed by atoms with Crippen LogP contribution in [0.1, 0.15) is 21.9 Å². The van der Waals surface area contributed by atoms with Crippen LogP contribution in [0.2, 0.25) is 0 Å². The Morgan fingerprint density at radius 1 is 1.16 bits per heavy atom. The van der Waals surface area contributed by atoms with Crippen LogP contribution in [-0.2, 0) is 11.0 Å². The molecule has 2 amide bonds. The number of primary amides is 1. The summed E-state index contributed by atoms with van der Waals surface area (Å²) in [6.07, 6.45) is -3.77. The predicted octanol–water partition coefficient (Wildman–Crippen LogP) is 1.91. The van der Waals surface area contributed by atoms with Gasteiger partial charge in [0.15, 0.2) is 5.82 Å². The molecule has 31 heavy (non-hydrogen) atoms. The minimum absolute atomic E-state index is 0.112. The molecular weight excluding hydrogens is 433 g/mol. The van der Waals surface area contributed by atoms with Crippen LogP contribution >= 0.6 is 11.8 Å². The standard InChI is InChI=1S/C19H17F3N6O2S/c20-19(21,22)13-3-4-25-16(27-13)14(15(23)29)17-26-11-2-1-10(9-12(11)31-17)18(30)28-7-5-24-6-8-28/h1-4,9,24,26H,5-8H2,(H2,23,29)/b17-14-. The van der Waals surface area contributed by atoms with Gasteiger partial charge in [-0.25, -0.2) is 9.97 Å². The number of thioether (sulfide) groups is 1. The number of nitrogens with zero attached hydrogens (tertiary/aromatic N) is 3. The number of anilines is 1. The summed E-state index contributed by atoms with van der Waals surface area (Å²) in [5, 5.41) is 6.35. The number of nitrogens with two attached hydrogens (primary N) is 1. The number of hydrogen-bond acceptors (Lipinski definition) is 7. The molecule has 4 N–H and O–H groups in total. The minimum Gasteiger partial charge on any atom is -0.365 e. The average molecular weight is 450 g/mol. The van der Waals surface area contributed by atoms with E-state index in [9.17, 15) is 22.8 Å². The van der Waals surface area contributed by atoms with Gasteiger partial charge in [0.2, 0.25) is 0 Å². The molecule has 0 aliphatic carbocycles. The molecule has 12 heteroatoms. The number of fused-ring (bicyclic) bond motifs is 1. The minimum atomic E-state index is -4.69. The van der Waals surface area contributed by atoms with Gasteiger partial charge in [0.25, 0.3) is 11.8 Å². The molecule has 0 atom stereocenters. The number of nitrogens with one attached hydrogen (secondary N) is 2. The number of carbonyl (C=O) groups excluding carboxylic acids is 2. The fourth-order valence-corrected chi connectivity index (χ4v) is 4.32. The lowest BCUT2D eigenvalue weighted by molar-refractivity contribution is -0.141. The molecule has 0 saturated carbocycles. The summed E-state index contributed by atoms with van der Waals surface area (Å²) >= 11 is 1.08. The van der Waals surface area contributed by atoms with Gasteiger partial charge in [0, 0.05) is 42.8 Å². The molecule has 1 aromatic carbocycles. The van der Waals surface area contributed by atoms with Crippen LogP contribution in [0.25, 0.3) is 5.57 Å². The van der Waals surface area contributed by atoms with E-state index in [1.807, 2.05) is 0 Å². The van der Waals surface area contributed by atoms with Crippen molar-refractivity contribution in [2.24, 2.45) is 5.73 Å². The van der Waals surface area contributed by atoms with E-state index in [1.54, 1.807) is 23.1 Å². The third kappa shape index (κ3) is 4.35. The van der Waals surface area contributed by atoms with Gasteiger partial charge >= 0.3 is 6.18 Å². The molecule has 0 radical (unpaired) electrons. The lowest BCUT2D eigenvalue weighted by Gasteiger charge is -2.27. The van der Waals surface area contributed by atoms with Crippen LogP contribution in [-0.4, -0.2) is 52.9 Å². The number of aromatic nitrogens is 2. The molecule has 1 saturated heterocycles. The van der Waals surface area contributed by atoms with Gasteiger partial charge in [0.1, 0.15) is 11.3 Å². The average Bonchev–Trinajstić information content (AvgIpc) is 3.15. The maximum absolute atomic E-state index is 13.0. The second-order valence-electron chi connectivity index (χ2n) is 6.81. The zero-order chi connectivity index (χ0) is 22.2. The Morgan fingerprint density at radius 3 is 2.58 bits per heavy atom. The van der Waals surface area contributed by atoms with Crippen LogP contribution < -0.4 is 16.4 Å². The van der Waals surface area contributed by atoms with Crippen molar-refractivity contribution < 1.29 is 22.8 Å². The Hall–Kier alpha value is -3.12. The molecule has 1 aromatic heterocycles. The molecule has 1 fully saturated rings. The Bertz CT molecular complexity index is 1080. The first-order valence-corrected chi connectivity index (χ1v) is 10.1. The third-order valence-corrected chi connectivity index (χ3v) is 5.80. The summed E-state index contributed by atoms with van der Waals surface area (Å²) in [4.78, 5) is 34.4. The summed E-state index contributed by atoms with van der Waals surface area (Å²) in [5.41, 5.74) is 5.08. The summed E-state index contributed by atoms with van der Waals surface area (Å²) < 4.78 is 39.0. The van der Waals surface area contributed by atoms with E-state index in [4.69, 9.17) is 5.73 Å². The van der Waals surface area contributed by atoms with Crippen LogP contribution in [0.4, 0.5) is 18.9 Å². The highest BCUT2D eigenvalue weighted by Crippen LogP contribution is 2.44. The van der Waals surface area contributed by atoms with E-state index in [1.165, 1.54) is 0 Å². The van der Waals surface area contributed by atoms with Gasteiger partial charge in [-0.15, -0.1) is 0 Å². The lowest BCUT2D eigenvalue weighted by Crippen LogP contribution is -2.46. The molecule has 3 heterocycles. The van der Waals surface area contributed by atoms with E-state index >= 15 is 0 Å². The topological polar surface area (TPSA) is 113 Å². The van der Waals surface area contributed by atoms with Crippen molar-refractivity contribution in [3.8, 4) is 0 Å². The highest BCUT2D eigenvalue weighted by Gasteiger charge is 2.34. The first-order valence-electron chi connectivity index (χ1n) is 9.27. The number of benzene rings is 1. The quantitative estimate of drug-likeness (QED) is 0.613. The molecule has 0 unspecified atom stereocenters. The van der Waals surface area contributed by atoms with Crippen LogP contribution in [0.15, 0.2) is 40.4 Å². The third-order valence-electron chi connectivity index (χ3n) is 4.74. The number of halogens is 3. The van der Waals surface area contributed by atoms with Crippen molar-refractivity contribution in [1.29, 1.82) is 0 Å². The molecular formula is C19H17F3N6O2S. The fourth-order valence-electron chi connectivity index (χ4n) is 3.23. The summed E-state index contributed by atoms with van der Waals surface area (Å²) in [7, 11) is 0. The maximum atomic E-state index is 13.0. The SMILES string of the molecule is NC(=O)/C(=C1\Nc2ccc(C(=O)N3CCNCC3)cc2S1)c1nccc(C(F)(F)F)n1. The highest BCUT2D eigenvalue weighted by atomic mass is 32.2. The number of alkyl halides is 3. The van der Waals surface area contributed by atoms with Crippen LogP contribution in [0.5, 0.6) is 0 Å². The molecule has 2 aliphatic rings. The van der Waals surface area contributed by atoms with Gasteiger partial charge in [-0.2, -0.15) is 13.2 Å². The van der Waals surface area contributed by atoms with Gasteiger partial charge in [-0.1, -0.05) is 11.8 Å². The number of piperazine rings is 1. The summed E-state index contributed by atoms with van der Waals surface area (Å²) in [6, 6.07) is 5.72. The summed E-state index contributed by atoms with van der Waals surface area (Å²) in [6.45, 7) is 2.65. The molecule has 162 valence electrons. The second kappa shape index (κ2) is 8.19. The number of rotatable bonds is 3. The highest BCUT2D eigenvalue weighted by molar-refractivity contribution is 8.04. The summed E-state index contributed by atoms with van der Waals surface area (Å²) in [5.74, 6) is -1.51. The monoisotopic (exact) mass is 450 g/mol. The van der Waals surface area contributed by atoms with E-state index < -0.39 is 23.6 Å². The number of carbonyl (C=O) groups is 2. The molecule has 0 bridgehead atoms. The van der Waals surface area contributed by atoms with Crippen LogP contribution in [0.3, 0.4) is 0 Å². The van der Waals surface area contributed by atoms with E-state index in [0.29, 0.717) is 35.3 Å². The van der Waals surface area contributed by atoms with E-state index in [2.05, 4.69) is 20.6 Å². The second-order valence-corrected chi connectivity index (χ2v) is 7.86. The van der Waals surface area contributed by atoms with Crippen molar-refractivity contribution in [3.63, 3.8) is 0 Å². The van der Waals surface area contributed by atoms with Crippen LogP contribution in [0, 0.1) is 0 Å². The van der Waals surface area contributed by atoms with Crippen molar-refractivity contribution in [1.82, 2.24) is 20.2 Å². The smallest absolute Gasteiger partial charge is 0.365 e. The first-order chi connectivity index (χ1) is 14.7.